The zero-order valence-electron chi connectivity index (χ0n) is 8.72. The lowest BCUT2D eigenvalue weighted by atomic mass is 10.1. The molecule has 1 heterocycles. The Balaban J connectivity index is 2.38. The molecule has 0 unspecified atom stereocenters. The van der Waals surface area contributed by atoms with Crippen molar-refractivity contribution in [2.45, 2.75) is 12.5 Å². The molecule has 0 aliphatic heterocycles. The van der Waals surface area contributed by atoms with E-state index in [0.29, 0.717) is 13.0 Å². The van der Waals surface area contributed by atoms with Crippen molar-refractivity contribution in [3.63, 3.8) is 0 Å². The summed E-state index contributed by atoms with van der Waals surface area (Å²) in [4.78, 5) is 4.24. The Morgan fingerprint density at radius 2 is 2.33 bits per heavy atom. The van der Waals surface area contributed by atoms with Crippen molar-refractivity contribution < 1.29 is 5.11 Å². The molecule has 0 amide bonds. The maximum atomic E-state index is 9.77. The van der Waals surface area contributed by atoms with Crippen LogP contribution in [0.25, 0.3) is 11.0 Å². The summed E-state index contributed by atoms with van der Waals surface area (Å²) in [6, 6.07) is 5.80. The van der Waals surface area contributed by atoms with E-state index in [1.807, 2.05) is 29.8 Å². The molecule has 0 spiro atoms. The molecule has 15 heavy (non-hydrogen) atoms. The van der Waals surface area contributed by atoms with Gasteiger partial charge in [-0.3, -0.25) is 0 Å². The van der Waals surface area contributed by atoms with Crippen LogP contribution in [0.2, 0.25) is 0 Å². The second-order valence-electron chi connectivity index (χ2n) is 3.70. The molecule has 2 aromatic rings. The van der Waals surface area contributed by atoms with Crippen LogP contribution in [-0.2, 0) is 7.05 Å². The van der Waals surface area contributed by atoms with Gasteiger partial charge in [0.15, 0.2) is 0 Å². The number of nitrogens with zero attached hydrogens (tertiary/aromatic N) is 2. The number of aromatic nitrogens is 2. The van der Waals surface area contributed by atoms with E-state index in [9.17, 15) is 5.11 Å². The molecule has 4 heteroatoms. The summed E-state index contributed by atoms with van der Waals surface area (Å²) < 4.78 is 1.95. The van der Waals surface area contributed by atoms with E-state index >= 15 is 0 Å². The Bertz CT molecular complexity index is 464. The average Bonchev–Trinajstić information content (AvgIpc) is 2.60. The zero-order valence-corrected chi connectivity index (χ0v) is 8.72. The Labute approximate surface area is 88.3 Å². The first kappa shape index (κ1) is 10.1. The first-order chi connectivity index (χ1) is 7.22. The van der Waals surface area contributed by atoms with Gasteiger partial charge in [0.2, 0.25) is 0 Å². The lowest BCUT2D eigenvalue weighted by molar-refractivity contribution is 0.170. The summed E-state index contributed by atoms with van der Waals surface area (Å²) in [5.41, 5.74) is 8.26. The highest BCUT2D eigenvalue weighted by Gasteiger charge is 2.08. The van der Waals surface area contributed by atoms with Gasteiger partial charge >= 0.3 is 0 Å². The van der Waals surface area contributed by atoms with Crippen LogP contribution in [0, 0.1) is 0 Å². The molecule has 0 saturated carbocycles. The summed E-state index contributed by atoms with van der Waals surface area (Å²) in [6.07, 6.45) is 1.86. The molecule has 1 atom stereocenters. The van der Waals surface area contributed by atoms with Gasteiger partial charge in [-0.15, -0.1) is 0 Å². The van der Waals surface area contributed by atoms with Gasteiger partial charge < -0.3 is 15.4 Å². The lowest BCUT2D eigenvalue weighted by Gasteiger charge is -2.09. The Morgan fingerprint density at radius 1 is 1.53 bits per heavy atom. The van der Waals surface area contributed by atoms with E-state index in [2.05, 4.69) is 4.98 Å². The van der Waals surface area contributed by atoms with Crippen LogP contribution in [0.4, 0.5) is 0 Å². The fourth-order valence-corrected chi connectivity index (χ4v) is 1.68. The molecular formula is C11H15N3O. The number of hydrogen-bond acceptors (Lipinski definition) is 3. The maximum absolute atomic E-state index is 9.77. The third kappa shape index (κ3) is 1.86. The Kier molecular flexibility index (Phi) is 2.70. The molecule has 0 aliphatic rings. The first-order valence-corrected chi connectivity index (χ1v) is 5.01. The second-order valence-corrected chi connectivity index (χ2v) is 3.70. The van der Waals surface area contributed by atoms with E-state index in [-0.39, 0.29) is 0 Å². The Morgan fingerprint density at radius 3 is 3.07 bits per heavy atom. The number of fused-ring (bicyclic) bond motifs is 1. The molecule has 2 rings (SSSR count). The summed E-state index contributed by atoms with van der Waals surface area (Å²) in [7, 11) is 1.95. The highest BCUT2D eigenvalue weighted by atomic mass is 16.3. The minimum Gasteiger partial charge on any atom is -0.388 e. The van der Waals surface area contributed by atoms with Gasteiger partial charge in [-0.2, -0.15) is 0 Å². The molecule has 0 bridgehead atoms. The third-order valence-corrected chi connectivity index (χ3v) is 2.57. The van der Waals surface area contributed by atoms with Crippen LogP contribution in [0.1, 0.15) is 18.1 Å². The number of hydrogen-bond donors (Lipinski definition) is 2. The predicted molar refractivity (Wildman–Crippen MR) is 59.3 cm³/mol. The van der Waals surface area contributed by atoms with Gasteiger partial charge in [-0.1, -0.05) is 6.07 Å². The summed E-state index contributed by atoms with van der Waals surface area (Å²) in [5, 5.41) is 9.77. The molecule has 0 fully saturated rings. The molecule has 1 aromatic heterocycles. The van der Waals surface area contributed by atoms with Crippen molar-refractivity contribution >= 4 is 11.0 Å². The molecular weight excluding hydrogens is 190 g/mol. The number of benzene rings is 1. The zero-order chi connectivity index (χ0) is 10.8. The van der Waals surface area contributed by atoms with Crippen LogP contribution >= 0.6 is 0 Å². The van der Waals surface area contributed by atoms with Crippen molar-refractivity contribution in [1.82, 2.24) is 9.55 Å². The second kappa shape index (κ2) is 4.00. The summed E-state index contributed by atoms with van der Waals surface area (Å²) >= 11 is 0. The van der Waals surface area contributed by atoms with Crippen LogP contribution in [0.3, 0.4) is 0 Å². The normalized spacial score (nSPS) is 13.3. The molecule has 3 N–H and O–H groups in total. The van der Waals surface area contributed by atoms with Gasteiger partial charge in [0.25, 0.3) is 0 Å². The number of imidazole rings is 1. The number of aryl methyl sites for hydroxylation is 1. The van der Waals surface area contributed by atoms with Gasteiger partial charge in [-0.05, 0) is 30.7 Å². The fraction of sp³-hybridized carbons (Fsp3) is 0.364. The fourth-order valence-electron chi connectivity index (χ4n) is 1.68. The SMILES string of the molecule is Cn1cnc2cc([C@H](O)CCN)ccc21. The van der Waals surface area contributed by atoms with Gasteiger partial charge in [-0.25, -0.2) is 4.98 Å². The molecule has 4 nitrogen and oxygen atoms in total. The number of nitrogens with two attached hydrogens (primary N) is 1. The van der Waals surface area contributed by atoms with Crippen LogP contribution in [0.15, 0.2) is 24.5 Å². The molecule has 0 radical (unpaired) electrons. The summed E-state index contributed by atoms with van der Waals surface area (Å²) in [6.45, 7) is 0.488. The monoisotopic (exact) mass is 205 g/mol. The van der Waals surface area contributed by atoms with Gasteiger partial charge in [0.05, 0.1) is 23.5 Å². The predicted octanol–water partition coefficient (Wildman–Crippen LogP) is 0.956. The highest BCUT2D eigenvalue weighted by Crippen LogP contribution is 2.20. The van der Waals surface area contributed by atoms with Crippen LogP contribution < -0.4 is 5.73 Å². The van der Waals surface area contributed by atoms with Crippen molar-refractivity contribution in [3.8, 4) is 0 Å². The van der Waals surface area contributed by atoms with E-state index < -0.39 is 6.10 Å². The highest BCUT2D eigenvalue weighted by molar-refractivity contribution is 5.76. The van der Waals surface area contributed by atoms with Gasteiger partial charge in [0.1, 0.15) is 0 Å². The van der Waals surface area contributed by atoms with E-state index in [0.717, 1.165) is 16.6 Å². The molecule has 0 aliphatic carbocycles. The third-order valence-electron chi connectivity index (χ3n) is 2.57. The van der Waals surface area contributed by atoms with E-state index in [1.165, 1.54) is 0 Å². The maximum Gasteiger partial charge on any atom is 0.0955 e. The minimum atomic E-state index is -0.485. The number of aliphatic hydroxyl groups excluding tert-OH is 1. The summed E-state index contributed by atoms with van der Waals surface area (Å²) in [5.74, 6) is 0. The van der Waals surface area contributed by atoms with Crippen LogP contribution in [-0.4, -0.2) is 21.2 Å². The quantitative estimate of drug-likeness (QED) is 0.784. The number of aliphatic hydroxyl groups is 1. The van der Waals surface area contributed by atoms with Crippen molar-refractivity contribution in [2.75, 3.05) is 6.54 Å². The molecule has 80 valence electrons. The van der Waals surface area contributed by atoms with Crippen molar-refractivity contribution in [3.05, 3.63) is 30.1 Å². The van der Waals surface area contributed by atoms with E-state index in [4.69, 9.17) is 5.73 Å². The van der Waals surface area contributed by atoms with Gasteiger partial charge in [0, 0.05) is 7.05 Å². The minimum absolute atomic E-state index is 0.485. The van der Waals surface area contributed by atoms with Crippen molar-refractivity contribution in [2.24, 2.45) is 12.8 Å². The largest absolute Gasteiger partial charge is 0.388 e. The number of rotatable bonds is 3. The standard InChI is InChI=1S/C11H15N3O/c1-14-7-13-9-6-8(2-3-10(9)14)11(15)4-5-12/h2-3,6-7,11,15H,4-5,12H2,1H3/t11-/m1/s1. The smallest absolute Gasteiger partial charge is 0.0955 e. The average molecular weight is 205 g/mol. The lowest BCUT2D eigenvalue weighted by Crippen LogP contribution is -2.06. The first-order valence-electron chi connectivity index (χ1n) is 5.01. The van der Waals surface area contributed by atoms with E-state index in [1.54, 1.807) is 6.33 Å². The topological polar surface area (TPSA) is 64.1 Å². The Hall–Kier alpha value is -1.39. The van der Waals surface area contributed by atoms with Crippen LogP contribution in [0.5, 0.6) is 0 Å². The molecule has 1 aromatic carbocycles. The molecule has 0 saturated heterocycles. The van der Waals surface area contributed by atoms with Crippen molar-refractivity contribution in [1.29, 1.82) is 0 Å².